The first kappa shape index (κ1) is 16.8. The zero-order chi connectivity index (χ0) is 17.3. The smallest absolute Gasteiger partial charge is 0.320 e. The predicted octanol–water partition coefficient (Wildman–Crippen LogP) is 0.276. The Morgan fingerprint density at radius 1 is 1.21 bits per heavy atom. The van der Waals surface area contributed by atoms with Gasteiger partial charge in [-0.2, -0.15) is 0 Å². The molecular formula is C15H21N3O5S. The third-order valence-electron chi connectivity index (χ3n) is 4.63. The van der Waals surface area contributed by atoms with Crippen molar-refractivity contribution in [1.29, 1.82) is 0 Å². The van der Waals surface area contributed by atoms with Crippen LogP contribution in [0.3, 0.4) is 0 Å². The number of urea groups is 1. The predicted molar refractivity (Wildman–Crippen MR) is 86.4 cm³/mol. The summed E-state index contributed by atoms with van der Waals surface area (Å²) in [6, 6.07) is 2.85. The van der Waals surface area contributed by atoms with Gasteiger partial charge in [0.2, 0.25) is 0 Å². The van der Waals surface area contributed by atoms with E-state index in [1.807, 2.05) is 0 Å². The molecule has 0 aliphatic carbocycles. The zero-order valence-electron chi connectivity index (χ0n) is 13.6. The molecule has 9 heteroatoms. The molecule has 2 aliphatic rings. The molecule has 1 aromatic heterocycles. The Balaban J connectivity index is 1.54. The van der Waals surface area contributed by atoms with Crippen molar-refractivity contribution >= 4 is 21.8 Å². The molecule has 3 amide bonds. The third kappa shape index (κ3) is 3.40. The van der Waals surface area contributed by atoms with E-state index in [4.69, 9.17) is 4.42 Å². The second-order valence-electron chi connectivity index (χ2n) is 6.21. The van der Waals surface area contributed by atoms with E-state index in [-0.39, 0.29) is 29.5 Å². The molecule has 1 atom stereocenters. The summed E-state index contributed by atoms with van der Waals surface area (Å²) in [6.07, 6.45) is 1.94. The molecule has 2 fully saturated rings. The summed E-state index contributed by atoms with van der Waals surface area (Å²) in [4.78, 5) is 29.6. The van der Waals surface area contributed by atoms with Crippen molar-refractivity contribution in [2.75, 3.05) is 44.7 Å². The fraction of sp³-hybridized carbons (Fsp3) is 0.600. The number of piperazine rings is 1. The molecule has 0 N–H and O–H groups in total. The van der Waals surface area contributed by atoms with Gasteiger partial charge < -0.3 is 19.1 Å². The van der Waals surface area contributed by atoms with Gasteiger partial charge in [-0.1, -0.05) is 0 Å². The minimum Gasteiger partial charge on any atom is -0.459 e. The number of furan rings is 1. The molecule has 1 aromatic rings. The van der Waals surface area contributed by atoms with E-state index in [0.29, 0.717) is 38.4 Å². The highest BCUT2D eigenvalue weighted by Crippen LogP contribution is 2.18. The van der Waals surface area contributed by atoms with Crippen molar-refractivity contribution in [3.8, 4) is 0 Å². The third-order valence-corrected chi connectivity index (χ3v) is 6.38. The van der Waals surface area contributed by atoms with Gasteiger partial charge in [0.1, 0.15) is 0 Å². The fourth-order valence-corrected chi connectivity index (χ4v) is 4.89. The van der Waals surface area contributed by atoms with Gasteiger partial charge in [0, 0.05) is 39.3 Å². The monoisotopic (exact) mass is 355 g/mol. The van der Waals surface area contributed by atoms with E-state index in [9.17, 15) is 18.0 Å². The van der Waals surface area contributed by atoms with E-state index in [1.54, 1.807) is 29.0 Å². The number of amides is 3. The number of nitrogens with zero attached hydrogens (tertiary/aromatic N) is 3. The molecule has 3 heterocycles. The molecule has 0 radical (unpaired) electrons. The van der Waals surface area contributed by atoms with E-state index in [1.165, 1.54) is 11.2 Å². The summed E-state index contributed by atoms with van der Waals surface area (Å²) in [5, 5.41) is 0. The molecule has 132 valence electrons. The second kappa shape index (κ2) is 6.46. The number of hydrogen-bond acceptors (Lipinski definition) is 5. The van der Waals surface area contributed by atoms with E-state index in [2.05, 4.69) is 0 Å². The Bertz CT molecular complexity index is 707. The number of rotatable bonds is 2. The lowest BCUT2D eigenvalue weighted by molar-refractivity contribution is 0.0608. The van der Waals surface area contributed by atoms with Crippen LogP contribution in [0.25, 0.3) is 0 Å². The van der Waals surface area contributed by atoms with Crippen molar-refractivity contribution in [2.24, 2.45) is 0 Å². The van der Waals surface area contributed by atoms with Crippen molar-refractivity contribution in [2.45, 2.75) is 12.5 Å². The number of carbonyl (C=O) groups is 2. The van der Waals surface area contributed by atoms with Gasteiger partial charge in [-0.25, -0.2) is 13.2 Å². The van der Waals surface area contributed by atoms with Crippen LogP contribution in [-0.4, -0.2) is 85.8 Å². The van der Waals surface area contributed by atoms with Crippen molar-refractivity contribution in [3.05, 3.63) is 24.2 Å². The van der Waals surface area contributed by atoms with Gasteiger partial charge in [0.05, 0.1) is 17.8 Å². The zero-order valence-corrected chi connectivity index (χ0v) is 14.4. The SMILES string of the molecule is CN(C(=O)N1CCN(C(=O)c2ccco2)CC1)C1CCS(=O)(=O)C1. The molecular weight excluding hydrogens is 334 g/mol. The number of carbonyl (C=O) groups excluding carboxylic acids is 2. The lowest BCUT2D eigenvalue weighted by Crippen LogP contribution is -2.55. The van der Waals surface area contributed by atoms with Crippen LogP contribution in [0, 0.1) is 0 Å². The van der Waals surface area contributed by atoms with Crippen molar-refractivity contribution < 1.29 is 22.4 Å². The summed E-state index contributed by atoms with van der Waals surface area (Å²) < 4.78 is 28.3. The lowest BCUT2D eigenvalue weighted by Gasteiger charge is -2.37. The van der Waals surface area contributed by atoms with Gasteiger partial charge in [0.25, 0.3) is 5.91 Å². The van der Waals surface area contributed by atoms with Gasteiger partial charge >= 0.3 is 6.03 Å². The van der Waals surface area contributed by atoms with Crippen LogP contribution in [0.1, 0.15) is 17.0 Å². The minimum atomic E-state index is -3.03. The molecule has 2 saturated heterocycles. The van der Waals surface area contributed by atoms with Gasteiger partial charge in [-0.3, -0.25) is 4.79 Å². The molecule has 2 aliphatic heterocycles. The van der Waals surface area contributed by atoms with Crippen LogP contribution >= 0.6 is 0 Å². The van der Waals surface area contributed by atoms with Crippen molar-refractivity contribution in [1.82, 2.24) is 14.7 Å². The average molecular weight is 355 g/mol. The van der Waals surface area contributed by atoms with Crippen LogP contribution in [0.4, 0.5) is 4.79 Å². The summed E-state index contributed by atoms with van der Waals surface area (Å²) in [7, 11) is -1.38. The first-order valence-electron chi connectivity index (χ1n) is 7.92. The van der Waals surface area contributed by atoms with Crippen LogP contribution in [0.15, 0.2) is 22.8 Å². The largest absolute Gasteiger partial charge is 0.459 e. The van der Waals surface area contributed by atoms with Gasteiger partial charge in [-0.05, 0) is 18.6 Å². The second-order valence-corrected chi connectivity index (χ2v) is 8.44. The van der Waals surface area contributed by atoms with Crippen LogP contribution in [0.5, 0.6) is 0 Å². The molecule has 8 nitrogen and oxygen atoms in total. The van der Waals surface area contributed by atoms with E-state index >= 15 is 0 Å². The molecule has 0 saturated carbocycles. The Morgan fingerprint density at radius 3 is 2.42 bits per heavy atom. The quantitative estimate of drug-likeness (QED) is 0.760. The Labute approximate surface area is 140 Å². The molecule has 3 rings (SSSR count). The van der Waals surface area contributed by atoms with Crippen LogP contribution in [0.2, 0.25) is 0 Å². The highest BCUT2D eigenvalue weighted by atomic mass is 32.2. The molecule has 0 spiro atoms. The summed E-state index contributed by atoms with van der Waals surface area (Å²) in [5.41, 5.74) is 0. The Kier molecular flexibility index (Phi) is 4.53. The first-order chi connectivity index (χ1) is 11.4. The number of sulfone groups is 1. The molecule has 24 heavy (non-hydrogen) atoms. The van der Waals surface area contributed by atoms with Crippen LogP contribution in [-0.2, 0) is 9.84 Å². The van der Waals surface area contributed by atoms with E-state index in [0.717, 1.165) is 0 Å². The van der Waals surface area contributed by atoms with Gasteiger partial charge in [0.15, 0.2) is 15.6 Å². The number of hydrogen-bond donors (Lipinski definition) is 0. The average Bonchev–Trinajstić information content (AvgIpc) is 3.22. The minimum absolute atomic E-state index is 0.0339. The summed E-state index contributed by atoms with van der Waals surface area (Å²) in [5.74, 6) is 0.290. The summed E-state index contributed by atoms with van der Waals surface area (Å²) in [6.45, 7) is 1.72. The maximum absolute atomic E-state index is 12.5. The lowest BCUT2D eigenvalue weighted by atomic mass is 10.2. The Morgan fingerprint density at radius 2 is 1.88 bits per heavy atom. The Hall–Kier alpha value is -2.03. The maximum atomic E-state index is 12.5. The standard InChI is InChI=1S/C15H21N3O5S/c1-16(12-4-10-24(21,22)11-12)15(20)18-7-5-17(6-8-18)14(19)13-3-2-9-23-13/h2-3,9,12H,4-8,10-11H2,1H3. The normalized spacial score (nSPS) is 23.3. The first-order valence-corrected chi connectivity index (χ1v) is 9.74. The van der Waals surface area contributed by atoms with Crippen molar-refractivity contribution in [3.63, 3.8) is 0 Å². The molecule has 0 aromatic carbocycles. The summed E-state index contributed by atoms with van der Waals surface area (Å²) >= 11 is 0. The van der Waals surface area contributed by atoms with Crippen LogP contribution < -0.4 is 0 Å². The molecule has 1 unspecified atom stereocenters. The highest BCUT2D eigenvalue weighted by Gasteiger charge is 2.35. The highest BCUT2D eigenvalue weighted by molar-refractivity contribution is 7.91. The molecule has 0 bridgehead atoms. The van der Waals surface area contributed by atoms with E-state index < -0.39 is 9.84 Å². The maximum Gasteiger partial charge on any atom is 0.320 e. The topological polar surface area (TPSA) is 91.1 Å². The van der Waals surface area contributed by atoms with Gasteiger partial charge in [-0.15, -0.1) is 0 Å². The fourth-order valence-electron chi connectivity index (χ4n) is 3.12.